The Bertz CT molecular complexity index is 16.3. The van der Waals surface area contributed by atoms with Gasteiger partial charge in [-0.05, 0) is 6.42 Å². The van der Waals surface area contributed by atoms with Crippen LogP contribution >= 0.6 is 9.12 Å². The summed E-state index contributed by atoms with van der Waals surface area (Å²) < 4.78 is 8.06. The summed E-state index contributed by atoms with van der Waals surface area (Å²) in [6.07, 6.45) is 0.875. The van der Waals surface area contributed by atoms with E-state index in [1.807, 2.05) is 6.92 Å². The topological polar surface area (TPSA) is 37.3 Å². The van der Waals surface area contributed by atoms with Crippen LogP contribution in [0, 0.1) is 0 Å². The highest BCUT2D eigenvalue weighted by molar-refractivity contribution is 7.00. The van der Waals surface area contributed by atoms with Crippen LogP contribution in [-0.4, -0.2) is 11.7 Å². The van der Waals surface area contributed by atoms with Gasteiger partial charge in [0.25, 0.3) is 0 Å². The second kappa shape index (κ2) is 19.7. The zero-order chi connectivity index (χ0) is 5.41. The van der Waals surface area contributed by atoms with Gasteiger partial charge in [0.15, 0.2) is 0 Å². The molecule has 0 spiro atoms. The van der Waals surface area contributed by atoms with E-state index in [1.165, 1.54) is 0 Å². The first kappa shape index (κ1) is 9.41. The number of aliphatic hydroxyl groups is 1. The molecule has 1 N–H and O–H groups in total. The van der Waals surface area contributed by atoms with Gasteiger partial charge in [-0.2, -0.15) is 0 Å². The quantitative estimate of drug-likeness (QED) is 0.506. The van der Waals surface area contributed by atoms with Crippen molar-refractivity contribution in [3.63, 3.8) is 0 Å². The molecule has 38 valence electrons. The van der Waals surface area contributed by atoms with Gasteiger partial charge in [-0.1, -0.05) is 6.92 Å². The van der Waals surface area contributed by atoms with Gasteiger partial charge in [-0.25, -0.2) is 0 Å². The Morgan fingerprint density at radius 1 is 1.67 bits per heavy atom. The molecule has 0 rings (SSSR count). The summed E-state index contributed by atoms with van der Waals surface area (Å²) in [4.78, 5) is 0. The Hall–Kier alpha value is 0.0600. The Morgan fingerprint density at radius 2 is 1.83 bits per heavy atom. The minimum atomic E-state index is 0.319. The van der Waals surface area contributed by atoms with Crippen LogP contribution in [0.5, 0.6) is 0 Å². The molecule has 0 unspecified atom stereocenters. The van der Waals surface area contributed by atoms with Gasteiger partial charge in [0.2, 0.25) is 0 Å². The smallest absolute Gasteiger partial charge is 0.138 e. The number of hydrogen-bond acceptors (Lipinski definition) is 2. The van der Waals surface area contributed by atoms with Crippen LogP contribution in [0.3, 0.4) is 0 Å². The molecule has 0 heterocycles. The van der Waals surface area contributed by atoms with E-state index >= 15 is 0 Å². The molecule has 0 aliphatic heterocycles. The minimum absolute atomic E-state index is 0.319. The van der Waals surface area contributed by atoms with E-state index in [1.54, 1.807) is 9.12 Å². The number of aliphatic hydroxyl groups excluding tert-OH is 1. The molecule has 0 aromatic carbocycles. The molecule has 0 aliphatic carbocycles. The highest BCUT2D eigenvalue weighted by Gasteiger charge is 1.57. The average molecular weight is 108 g/mol. The summed E-state index contributed by atoms with van der Waals surface area (Å²) in [5.74, 6) is 0. The third-order valence-corrected chi connectivity index (χ3v) is 0.224. The van der Waals surface area contributed by atoms with Crippen molar-refractivity contribution in [1.29, 1.82) is 0 Å². The fraction of sp³-hybridized carbons (Fsp3) is 1.00. The van der Waals surface area contributed by atoms with Crippen LogP contribution in [0.1, 0.15) is 13.3 Å². The first-order valence-corrected chi connectivity index (χ1v) is 2.14. The zero-order valence-electron chi connectivity index (χ0n) is 3.77. The summed E-state index contributed by atoms with van der Waals surface area (Å²) >= 11 is 0. The van der Waals surface area contributed by atoms with Crippen LogP contribution in [0.15, 0.2) is 0 Å². The molecule has 0 radical (unpaired) electrons. The van der Waals surface area contributed by atoms with E-state index in [0.29, 0.717) is 6.61 Å². The Labute approximate surface area is 39.8 Å². The van der Waals surface area contributed by atoms with Crippen molar-refractivity contribution in [2.75, 3.05) is 6.61 Å². The van der Waals surface area contributed by atoms with Crippen molar-refractivity contribution in [2.24, 2.45) is 0 Å². The Morgan fingerprint density at radius 3 is 1.83 bits per heavy atom. The highest BCUT2D eigenvalue weighted by Crippen LogP contribution is 1.61. The van der Waals surface area contributed by atoms with Crippen LogP contribution in [0.4, 0.5) is 0 Å². The first-order chi connectivity index (χ1) is 2.91. The molecule has 0 amide bonds. The lowest BCUT2D eigenvalue weighted by Crippen LogP contribution is -1.69. The van der Waals surface area contributed by atoms with Crippen molar-refractivity contribution in [1.82, 2.24) is 0 Å². The van der Waals surface area contributed by atoms with Crippen molar-refractivity contribution in [2.45, 2.75) is 13.3 Å². The standard InChI is InChI=1S/C3H8O.HOP/c1-2-3-4;1-2/h4H,2-3H2,1H3;2H. The van der Waals surface area contributed by atoms with Gasteiger partial charge in [-0.3, -0.25) is 4.57 Å². The molecule has 0 saturated carbocycles. The monoisotopic (exact) mass is 108 g/mol. The molecule has 0 saturated heterocycles. The number of hydrogen-bond donors (Lipinski definition) is 1. The van der Waals surface area contributed by atoms with Gasteiger partial charge in [0, 0.05) is 6.61 Å². The van der Waals surface area contributed by atoms with Crippen LogP contribution < -0.4 is 0 Å². The lowest BCUT2D eigenvalue weighted by Gasteiger charge is -1.69. The number of rotatable bonds is 1. The summed E-state index contributed by atoms with van der Waals surface area (Å²) in [5, 5.41) is 7.88. The maximum atomic E-state index is 8.06. The van der Waals surface area contributed by atoms with Crippen LogP contribution in [0.25, 0.3) is 0 Å². The summed E-state index contributed by atoms with van der Waals surface area (Å²) in [6, 6.07) is 0. The maximum absolute atomic E-state index is 8.06. The summed E-state index contributed by atoms with van der Waals surface area (Å²) in [6.45, 7) is 2.25. The highest BCUT2D eigenvalue weighted by atomic mass is 31.0. The third kappa shape index (κ3) is 33.8. The second-order valence-electron chi connectivity index (χ2n) is 0.724. The van der Waals surface area contributed by atoms with E-state index < -0.39 is 0 Å². The van der Waals surface area contributed by atoms with Gasteiger partial charge in [0.1, 0.15) is 9.12 Å². The summed E-state index contributed by atoms with van der Waals surface area (Å²) in [5.41, 5.74) is 0. The van der Waals surface area contributed by atoms with Crippen molar-refractivity contribution in [3.8, 4) is 0 Å². The molecular weight excluding hydrogens is 99.0 g/mol. The molecule has 0 fully saturated rings. The third-order valence-electron chi connectivity index (χ3n) is 0.224. The normalized spacial score (nSPS) is 5.67. The maximum Gasteiger partial charge on any atom is 0.138 e. The molecule has 6 heavy (non-hydrogen) atoms. The lowest BCUT2D eigenvalue weighted by atomic mass is 10.5. The van der Waals surface area contributed by atoms with Gasteiger partial charge in [0.05, 0.1) is 0 Å². The minimum Gasteiger partial charge on any atom is -0.396 e. The van der Waals surface area contributed by atoms with Crippen molar-refractivity contribution >= 4 is 9.12 Å². The van der Waals surface area contributed by atoms with E-state index in [9.17, 15) is 0 Å². The molecule has 0 aliphatic rings. The largest absolute Gasteiger partial charge is 0.396 e. The molecule has 0 aromatic rings. The fourth-order valence-electron chi connectivity index (χ4n) is 0. The van der Waals surface area contributed by atoms with Crippen LogP contribution in [0.2, 0.25) is 0 Å². The molecule has 3 heteroatoms. The zero-order valence-corrected chi connectivity index (χ0v) is 4.77. The molecule has 0 aromatic heterocycles. The van der Waals surface area contributed by atoms with Gasteiger partial charge >= 0.3 is 0 Å². The molecule has 0 bridgehead atoms. The Balaban J connectivity index is 0. The summed E-state index contributed by atoms with van der Waals surface area (Å²) in [7, 11) is 1.72. The van der Waals surface area contributed by atoms with E-state index in [0.717, 1.165) is 6.42 Å². The predicted molar refractivity (Wildman–Crippen MR) is 26.4 cm³/mol. The fourth-order valence-corrected chi connectivity index (χ4v) is 0. The molecule has 2 nitrogen and oxygen atoms in total. The average Bonchev–Trinajstić information content (AvgIpc) is 1.72. The second-order valence-corrected chi connectivity index (χ2v) is 0.724. The van der Waals surface area contributed by atoms with Gasteiger partial charge < -0.3 is 5.11 Å². The van der Waals surface area contributed by atoms with Crippen LogP contribution in [-0.2, 0) is 4.57 Å². The van der Waals surface area contributed by atoms with Crippen molar-refractivity contribution < 1.29 is 9.67 Å². The van der Waals surface area contributed by atoms with Crippen molar-refractivity contribution in [3.05, 3.63) is 0 Å². The van der Waals surface area contributed by atoms with E-state index in [2.05, 4.69) is 0 Å². The lowest BCUT2D eigenvalue weighted by molar-refractivity contribution is 0.295. The van der Waals surface area contributed by atoms with Gasteiger partial charge in [-0.15, -0.1) is 0 Å². The predicted octanol–water partition coefficient (Wildman–Crippen LogP) is 0.863. The molecule has 0 atom stereocenters. The van der Waals surface area contributed by atoms with E-state index in [-0.39, 0.29) is 0 Å². The SMILES string of the molecule is CCCO.O=P. The first-order valence-electron chi connectivity index (χ1n) is 1.73. The van der Waals surface area contributed by atoms with E-state index in [4.69, 9.17) is 9.67 Å². The molecular formula is C3H9O2P. The Kier molecular flexibility index (Phi) is 30.8.